The molecule has 0 saturated heterocycles. The van der Waals surface area contributed by atoms with Gasteiger partial charge in [0.1, 0.15) is 0 Å². The molecule has 0 radical (unpaired) electrons. The van der Waals surface area contributed by atoms with Crippen LogP contribution in [0.2, 0.25) is 10.0 Å². The van der Waals surface area contributed by atoms with Gasteiger partial charge in [-0.1, -0.05) is 52.7 Å². The largest absolute Gasteiger partial charge is 0.342 e. The zero-order valence-electron chi connectivity index (χ0n) is 17.1. The van der Waals surface area contributed by atoms with Gasteiger partial charge in [0.25, 0.3) is 5.91 Å². The third kappa shape index (κ3) is 6.22. The van der Waals surface area contributed by atoms with Crippen molar-refractivity contribution in [1.29, 1.82) is 0 Å². The molecule has 3 aromatic rings. The number of anilines is 1. The maximum Gasteiger partial charge on any atom is 0.251 e. The van der Waals surface area contributed by atoms with Crippen molar-refractivity contribution in [2.75, 3.05) is 11.1 Å². The Morgan fingerprint density at radius 3 is 2.39 bits per heavy atom. The molecule has 1 heterocycles. The summed E-state index contributed by atoms with van der Waals surface area (Å²) in [6.45, 7) is 3.80. The summed E-state index contributed by atoms with van der Waals surface area (Å²) in [6.07, 6.45) is 0. The van der Waals surface area contributed by atoms with E-state index >= 15 is 0 Å². The summed E-state index contributed by atoms with van der Waals surface area (Å²) in [4.78, 5) is 24.7. The minimum atomic E-state index is -0.358. The molecule has 10 heteroatoms. The van der Waals surface area contributed by atoms with Crippen LogP contribution in [0.25, 0.3) is 0 Å². The first-order valence-corrected chi connectivity index (χ1v) is 11.1. The van der Waals surface area contributed by atoms with Gasteiger partial charge >= 0.3 is 0 Å². The third-order valence-electron chi connectivity index (χ3n) is 4.40. The normalized spacial score (nSPS) is 11.8. The Morgan fingerprint density at radius 2 is 1.74 bits per heavy atom. The fourth-order valence-corrected chi connectivity index (χ4v) is 4.08. The summed E-state index contributed by atoms with van der Waals surface area (Å²) in [5.41, 5.74) is 2.18. The molecule has 31 heavy (non-hydrogen) atoms. The lowest BCUT2D eigenvalue weighted by molar-refractivity contribution is -0.113. The Hall–Kier alpha value is -2.55. The maximum atomic E-state index is 12.4. The Labute approximate surface area is 194 Å². The van der Waals surface area contributed by atoms with E-state index in [0.29, 0.717) is 32.3 Å². The van der Waals surface area contributed by atoms with Crippen LogP contribution >= 0.6 is 35.0 Å². The van der Waals surface area contributed by atoms with Crippen LogP contribution in [-0.2, 0) is 11.8 Å². The maximum absolute atomic E-state index is 12.4. The highest BCUT2D eigenvalue weighted by molar-refractivity contribution is 7.99. The number of aromatic nitrogens is 3. The van der Waals surface area contributed by atoms with E-state index in [0.717, 1.165) is 5.56 Å². The quantitative estimate of drug-likeness (QED) is 0.483. The first kappa shape index (κ1) is 23.1. The Morgan fingerprint density at radius 1 is 1.10 bits per heavy atom. The number of hydrogen-bond acceptors (Lipinski definition) is 5. The molecule has 162 valence electrons. The Balaban J connectivity index is 1.58. The molecule has 0 aliphatic rings. The second-order valence-electron chi connectivity index (χ2n) is 6.96. The molecule has 0 saturated carbocycles. The molecule has 0 aliphatic heterocycles. The highest BCUT2D eigenvalue weighted by atomic mass is 35.5. The monoisotopic (exact) mass is 477 g/mol. The number of amides is 2. The van der Waals surface area contributed by atoms with E-state index in [9.17, 15) is 9.59 Å². The third-order valence-corrected chi connectivity index (χ3v) is 5.85. The van der Waals surface area contributed by atoms with Crippen molar-refractivity contribution in [3.8, 4) is 0 Å². The van der Waals surface area contributed by atoms with E-state index < -0.39 is 0 Å². The Kier molecular flexibility index (Phi) is 7.59. The fraction of sp³-hybridized carbons (Fsp3) is 0.238. The van der Waals surface area contributed by atoms with Crippen molar-refractivity contribution >= 4 is 52.5 Å². The van der Waals surface area contributed by atoms with Gasteiger partial charge in [0, 0.05) is 28.3 Å². The molecule has 0 fully saturated rings. The van der Waals surface area contributed by atoms with E-state index in [1.165, 1.54) is 11.8 Å². The summed E-state index contributed by atoms with van der Waals surface area (Å²) in [5.74, 6) is 0.295. The molecule has 2 N–H and O–H groups in total. The first-order valence-electron chi connectivity index (χ1n) is 9.38. The number of halogens is 2. The van der Waals surface area contributed by atoms with Gasteiger partial charge in [-0.2, -0.15) is 0 Å². The second kappa shape index (κ2) is 10.2. The van der Waals surface area contributed by atoms with E-state index in [-0.39, 0.29) is 23.6 Å². The van der Waals surface area contributed by atoms with Crippen molar-refractivity contribution in [3.63, 3.8) is 0 Å². The van der Waals surface area contributed by atoms with Crippen LogP contribution in [0.1, 0.15) is 34.7 Å². The van der Waals surface area contributed by atoms with Crippen LogP contribution in [0.15, 0.2) is 47.6 Å². The molecule has 0 aliphatic carbocycles. The van der Waals surface area contributed by atoms with Gasteiger partial charge in [-0.05, 0) is 44.2 Å². The smallest absolute Gasteiger partial charge is 0.251 e. The highest BCUT2D eigenvalue weighted by Crippen LogP contribution is 2.23. The van der Waals surface area contributed by atoms with Crippen LogP contribution in [0.3, 0.4) is 0 Å². The van der Waals surface area contributed by atoms with Gasteiger partial charge in [0.15, 0.2) is 11.0 Å². The summed E-state index contributed by atoms with van der Waals surface area (Å²) in [7, 11) is 1.79. The van der Waals surface area contributed by atoms with Gasteiger partial charge in [-0.3, -0.25) is 9.59 Å². The molecule has 2 aromatic carbocycles. The van der Waals surface area contributed by atoms with Crippen LogP contribution in [0.4, 0.5) is 5.69 Å². The van der Waals surface area contributed by atoms with E-state index in [1.807, 2.05) is 26.0 Å². The number of carbonyl (C=O) groups excluding carboxylic acids is 2. The molecule has 2 amide bonds. The van der Waals surface area contributed by atoms with E-state index in [2.05, 4.69) is 20.8 Å². The van der Waals surface area contributed by atoms with Crippen LogP contribution in [0, 0.1) is 6.92 Å². The number of nitrogens with one attached hydrogen (secondary N) is 2. The predicted molar refractivity (Wildman–Crippen MR) is 124 cm³/mol. The van der Waals surface area contributed by atoms with Crippen molar-refractivity contribution in [1.82, 2.24) is 20.1 Å². The van der Waals surface area contributed by atoms with Crippen molar-refractivity contribution in [3.05, 3.63) is 69.5 Å². The minimum Gasteiger partial charge on any atom is -0.342 e. The summed E-state index contributed by atoms with van der Waals surface area (Å²) >= 11 is 13.1. The molecule has 7 nitrogen and oxygen atoms in total. The number of aryl methyl sites for hydroxylation is 1. The minimum absolute atomic E-state index is 0.125. The predicted octanol–water partition coefficient (Wildman–Crippen LogP) is 4.65. The van der Waals surface area contributed by atoms with Crippen molar-refractivity contribution in [2.45, 2.75) is 25.0 Å². The van der Waals surface area contributed by atoms with E-state index in [1.54, 1.807) is 41.9 Å². The average Bonchev–Trinajstić information content (AvgIpc) is 3.06. The Bertz CT molecular complexity index is 1080. The molecule has 1 atom stereocenters. The number of benzene rings is 2. The molecule has 0 unspecified atom stereocenters. The summed E-state index contributed by atoms with van der Waals surface area (Å²) in [5, 5.41) is 15.4. The summed E-state index contributed by atoms with van der Waals surface area (Å²) < 4.78 is 1.76. The molecular weight excluding hydrogens is 457 g/mol. The van der Waals surface area contributed by atoms with Gasteiger partial charge < -0.3 is 15.2 Å². The van der Waals surface area contributed by atoms with Crippen LogP contribution < -0.4 is 10.6 Å². The lowest BCUT2D eigenvalue weighted by atomic mass is 10.1. The summed E-state index contributed by atoms with van der Waals surface area (Å²) in [6, 6.07) is 11.8. The molecule has 3 rings (SSSR count). The van der Waals surface area contributed by atoms with Crippen LogP contribution in [0.5, 0.6) is 0 Å². The molecular formula is C21H21Cl2N5O2S. The number of nitrogens with zero attached hydrogens (tertiary/aromatic N) is 3. The number of rotatable bonds is 7. The molecule has 0 spiro atoms. The fourth-order valence-electron chi connectivity index (χ4n) is 2.83. The molecule has 1 aromatic heterocycles. The standard InChI is InChI=1S/C21H21Cl2N5O2S/c1-12-4-6-14(7-5-12)20(30)24-13(2)19-26-27-21(28(19)3)31-11-18(29)25-17-9-15(22)8-16(23)10-17/h4-10,13H,11H2,1-3H3,(H,24,30)(H,25,29)/t13-/m0/s1. The lowest BCUT2D eigenvalue weighted by Crippen LogP contribution is -2.28. The number of hydrogen-bond donors (Lipinski definition) is 2. The lowest BCUT2D eigenvalue weighted by Gasteiger charge is -2.13. The molecule has 0 bridgehead atoms. The van der Waals surface area contributed by atoms with Gasteiger partial charge in [-0.15, -0.1) is 10.2 Å². The van der Waals surface area contributed by atoms with Gasteiger partial charge in [0.05, 0.1) is 11.8 Å². The second-order valence-corrected chi connectivity index (χ2v) is 8.77. The average molecular weight is 478 g/mol. The van der Waals surface area contributed by atoms with E-state index in [4.69, 9.17) is 23.2 Å². The number of carbonyl (C=O) groups is 2. The highest BCUT2D eigenvalue weighted by Gasteiger charge is 2.19. The van der Waals surface area contributed by atoms with Gasteiger partial charge in [0.2, 0.25) is 5.91 Å². The zero-order chi connectivity index (χ0) is 22.5. The van der Waals surface area contributed by atoms with Crippen molar-refractivity contribution in [2.24, 2.45) is 7.05 Å². The zero-order valence-corrected chi connectivity index (χ0v) is 19.5. The first-order chi connectivity index (χ1) is 14.7. The van der Waals surface area contributed by atoms with Crippen LogP contribution in [-0.4, -0.2) is 32.3 Å². The van der Waals surface area contributed by atoms with Crippen molar-refractivity contribution < 1.29 is 9.59 Å². The van der Waals surface area contributed by atoms with Gasteiger partial charge in [-0.25, -0.2) is 0 Å². The SMILES string of the molecule is Cc1ccc(C(=O)N[C@@H](C)c2nnc(SCC(=O)Nc3cc(Cl)cc(Cl)c3)n2C)cc1. The topological polar surface area (TPSA) is 88.9 Å². The number of thioether (sulfide) groups is 1.